The summed E-state index contributed by atoms with van der Waals surface area (Å²) in [6.45, 7) is 3.48. The molecule has 0 amide bonds. The molecule has 1 aromatic carbocycles. The molecule has 0 bridgehead atoms. The fourth-order valence-electron chi connectivity index (χ4n) is 1.26. The van der Waals surface area contributed by atoms with Gasteiger partial charge in [0.2, 0.25) is 0 Å². The SMILES string of the molecule is CCOc1cc([N+](=O)[O-])cc([N+](=O)[O-])c1C. The van der Waals surface area contributed by atoms with E-state index in [9.17, 15) is 20.2 Å². The van der Waals surface area contributed by atoms with Crippen LogP contribution in [-0.2, 0) is 0 Å². The second-order valence-corrected chi connectivity index (χ2v) is 3.04. The molecular formula is C9H10N2O5. The van der Waals surface area contributed by atoms with E-state index in [-0.39, 0.29) is 22.7 Å². The first-order valence-electron chi connectivity index (χ1n) is 4.53. The van der Waals surface area contributed by atoms with E-state index in [0.717, 1.165) is 6.07 Å². The number of nitro benzene ring substituents is 2. The van der Waals surface area contributed by atoms with Gasteiger partial charge in [0.25, 0.3) is 11.4 Å². The number of rotatable bonds is 4. The molecule has 0 N–H and O–H groups in total. The molecule has 16 heavy (non-hydrogen) atoms. The normalized spacial score (nSPS) is 9.88. The van der Waals surface area contributed by atoms with Gasteiger partial charge in [-0.25, -0.2) is 0 Å². The van der Waals surface area contributed by atoms with Gasteiger partial charge in [-0.1, -0.05) is 0 Å². The molecule has 0 unspecified atom stereocenters. The second kappa shape index (κ2) is 4.56. The third-order valence-corrected chi connectivity index (χ3v) is 2.02. The molecule has 7 nitrogen and oxygen atoms in total. The summed E-state index contributed by atoms with van der Waals surface area (Å²) in [5, 5.41) is 21.3. The molecule has 0 radical (unpaired) electrons. The largest absolute Gasteiger partial charge is 0.493 e. The van der Waals surface area contributed by atoms with Crippen LogP contribution in [0.5, 0.6) is 5.75 Å². The number of nitrogens with zero attached hydrogens (tertiary/aromatic N) is 2. The predicted molar refractivity (Wildman–Crippen MR) is 55.7 cm³/mol. The first-order valence-corrected chi connectivity index (χ1v) is 4.53. The lowest BCUT2D eigenvalue weighted by molar-refractivity contribution is -0.394. The zero-order valence-electron chi connectivity index (χ0n) is 8.80. The van der Waals surface area contributed by atoms with E-state index < -0.39 is 9.85 Å². The Labute approximate surface area is 90.9 Å². The highest BCUT2D eigenvalue weighted by molar-refractivity contribution is 5.56. The van der Waals surface area contributed by atoms with Crippen LogP contribution in [0.4, 0.5) is 11.4 Å². The molecule has 0 saturated carbocycles. The van der Waals surface area contributed by atoms with Crippen molar-refractivity contribution >= 4 is 11.4 Å². The summed E-state index contributed by atoms with van der Waals surface area (Å²) in [5.41, 5.74) is -0.365. The maximum Gasteiger partial charge on any atom is 0.282 e. The summed E-state index contributed by atoms with van der Waals surface area (Å²) in [7, 11) is 0. The van der Waals surface area contributed by atoms with Crippen LogP contribution >= 0.6 is 0 Å². The van der Waals surface area contributed by atoms with Crippen LogP contribution < -0.4 is 4.74 Å². The molecular weight excluding hydrogens is 216 g/mol. The average molecular weight is 226 g/mol. The number of hydrogen-bond acceptors (Lipinski definition) is 5. The number of ether oxygens (including phenoxy) is 1. The lowest BCUT2D eigenvalue weighted by atomic mass is 10.1. The van der Waals surface area contributed by atoms with Gasteiger partial charge in [-0.3, -0.25) is 20.2 Å². The maximum absolute atomic E-state index is 10.7. The highest BCUT2D eigenvalue weighted by Crippen LogP contribution is 2.32. The van der Waals surface area contributed by atoms with E-state index in [1.807, 2.05) is 0 Å². The summed E-state index contributed by atoms with van der Waals surface area (Å²) < 4.78 is 5.11. The highest BCUT2D eigenvalue weighted by Gasteiger charge is 2.21. The van der Waals surface area contributed by atoms with E-state index in [1.54, 1.807) is 6.92 Å². The van der Waals surface area contributed by atoms with Crippen LogP contribution in [0.25, 0.3) is 0 Å². The molecule has 1 aromatic rings. The monoisotopic (exact) mass is 226 g/mol. The molecule has 0 fully saturated rings. The van der Waals surface area contributed by atoms with E-state index in [2.05, 4.69) is 0 Å². The standard InChI is InChI=1S/C9H10N2O5/c1-3-16-9-5-7(10(12)13)4-8(6(9)2)11(14)15/h4-5H,3H2,1-2H3. The summed E-state index contributed by atoms with van der Waals surface area (Å²) in [6.07, 6.45) is 0. The molecule has 0 spiro atoms. The molecule has 0 aromatic heterocycles. The van der Waals surface area contributed by atoms with E-state index in [4.69, 9.17) is 4.74 Å². The number of benzene rings is 1. The van der Waals surface area contributed by atoms with E-state index >= 15 is 0 Å². The second-order valence-electron chi connectivity index (χ2n) is 3.04. The third kappa shape index (κ3) is 2.25. The van der Waals surface area contributed by atoms with E-state index in [1.165, 1.54) is 13.0 Å². The molecule has 0 saturated heterocycles. The van der Waals surface area contributed by atoms with Crippen LogP contribution in [0, 0.1) is 27.2 Å². The van der Waals surface area contributed by atoms with Crippen LogP contribution in [0.1, 0.15) is 12.5 Å². The van der Waals surface area contributed by atoms with Crippen molar-refractivity contribution in [3.8, 4) is 5.75 Å². The third-order valence-electron chi connectivity index (χ3n) is 2.02. The van der Waals surface area contributed by atoms with Gasteiger partial charge in [-0.2, -0.15) is 0 Å². The Kier molecular flexibility index (Phi) is 3.39. The Morgan fingerprint density at radius 1 is 1.25 bits per heavy atom. The first kappa shape index (κ1) is 11.9. The van der Waals surface area contributed by atoms with Crippen molar-refractivity contribution < 1.29 is 14.6 Å². The summed E-state index contributed by atoms with van der Waals surface area (Å²) in [4.78, 5) is 19.9. The number of non-ortho nitro benzene ring substituents is 1. The average Bonchev–Trinajstić information content (AvgIpc) is 2.20. The number of hydrogen-bond donors (Lipinski definition) is 0. The van der Waals surface area contributed by atoms with Crippen molar-refractivity contribution in [1.82, 2.24) is 0 Å². The van der Waals surface area contributed by atoms with Gasteiger partial charge < -0.3 is 4.74 Å². The van der Waals surface area contributed by atoms with Crippen molar-refractivity contribution in [3.63, 3.8) is 0 Å². The Morgan fingerprint density at radius 3 is 2.31 bits per heavy atom. The van der Waals surface area contributed by atoms with Crippen LogP contribution in [0.3, 0.4) is 0 Å². The van der Waals surface area contributed by atoms with Crippen molar-refractivity contribution in [2.24, 2.45) is 0 Å². The molecule has 1 rings (SSSR count). The lowest BCUT2D eigenvalue weighted by Gasteiger charge is -2.06. The Bertz CT molecular complexity index is 444. The molecule has 0 heterocycles. The molecule has 0 atom stereocenters. The van der Waals surface area contributed by atoms with Crippen molar-refractivity contribution in [2.45, 2.75) is 13.8 Å². The van der Waals surface area contributed by atoms with Crippen molar-refractivity contribution in [3.05, 3.63) is 37.9 Å². The highest BCUT2D eigenvalue weighted by atomic mass is 16.6. The van der Waals surface area contributed by atoms with Gasteiger partial charge in [0.15, 0.2) is 0 Å². The molecule has 0 aliphatic carbocycles. The minimum absolute atomic E-state index is 0.170. The predicted octanol–water partition coefficient (Wildman–Crippen LogP) is 2.21. The molecule has 86 valence electrons. The van der Waals surface area contributed by atoms with Crippen LogP contribution in [0.15, 0.2) is 12.1 Å². The van der Waals surface area contributed by atoms with Crippen molar-refractivity contribution in [1.29, 1.82) is 0 Å². The maximum atomic E-state index is 10.7. The van der Waals surface area contributed by atoms with Gasteiger partial charge in [0.05, 0.1) is 34.1 Å². The smallest absolute Gasteiger partial charge is 0.282 e. The number of nitro groups is 2. The fraction of sp³-hybridized carbons (Fsp3) is 0.333. The molecule has 7 heteroatoms. The minimum atomic E-state index is -0.686. The Balaban J connectivity index is 3.38. The topological polar surface area (TPSA) is 95.5 Å². The van der Waals surface area contributed by atoms with Crippen molar-refractivity contribution in [2.75, 3.05) is 6.61 Å². The van der Waals surface area contributed by atoms with Crippen LogP contribution in [-0.4, -0.2) is 16.5 Å². The summed E-state index contributed by atoms with van der Waals surface area (Å²) >= 11 is 0. The van der Waals surface area contributed by atoms with Gasteiger partial charge in [-0.15, -0.1) is 0 Å². The minimum Gasteiger partial charge on any atom is -0.493 e. The Morgan fingerprint density at radius 2 is 1.88 bits per heavy atom. The molecule has 0 aliphatic heterocycles. The van der Waals surface area contributed by atoms with Gasteiger partial charge in [0.1, 0.15) is 5.75 Å². The van der Waals surface area contributed by atoms with E-state index in [0.29, 0.717) is 6.61 Å². The zero-order valence-corrected chi connectivity index (χ0v) is 8.80. The first-order chi connectivity index (χ1) is 7.47. The summed E-state index contributed by atoms with van der Waals surface area (Å²) in [5.74, 6) is 0.170. The van der Waals surface area contributed by atoms with Gasteiger partial charge >= 0.3 is 0 Å². The Hall–Kier alpha value is -2.18. The van der Waals surface area contributed by atoms with Gasteiger partial charge in [0, 0.05) is 0 Å². The fourth-order valence-corrected chi connectivity index (χ4v) is 1.26. The molecule has 0 aliphatic rings. The quantitative estimate of drug-likeness (QED) is 0.579. The van der Waals surface area contributed by atoms with Gasteiger partial charge in [-0.05, 0) is 13.8 Å². The lowest BCUT2D eigenvalue weighted by Crippen LogP contribution is -2.00. The summed E-state index contributed by atoms with van der Waals surface area (Å²) in [6, 6.07) is 2.11. The zero-order chi connectivity index (χ0) is 12.3. The van der Waals surface area contributed by atoms with Crippen LogP contribution in [0.2, 0.25) is 0 Å².